The SMILES string of the molecule is NC(=O)CCCCCc1ccccc1Oc1cc(F)c(S(=O)(=O)Nc2cscn2)cc1Cl. The number of nitrogens with one attached hydrogen (secondary N) is 1. The molecule has 1 amide bonds. The van der Waals surface area contributed by atoms with Crippen LogP contribution in [0.1, 0.15) is 31.2 Å². The molecule has 1 heterocycles. The molecule has 0 aliphatic heterocycles. The highest BCUT2D eigenvalue weighted by atomic mass is 35.5. The van der Waals surface area contributed by atoms with Gasteiger partial charge in [0.2, 0.25) is 5.91 Å². The summed E-state index contributed by atoms with van der Waals surface area (Å²) in [4.78, 5) is 14.1. The molecular weight excluding hydrogens is 477 g/mol. The number of aromatic nitrogens is 1. The molecule has 0 aliphatic rings. The minimum absolute atomic E-state index is 0.00189. The van der Waals surface area contributed by atoms with Gasteiger partial charge >= 0.3 is 0 Å². The number of carbonyl (C=O) groups is 1. The largest absolute Gasteiger partial charge is 0.455 e. The van der Waals surface area contributed by atoms with Crippen molar-refractivity contribution in [3.63, 3.8) is 0 Å². The normalized spacial score (nSPS) is 11.3. The van der Waals surface area contributed by atoms with Crippen LogP contribution in [0.5, 0.6) is 11.5 Å². The van der Waals surface area contributed by atoms with Gasteiger partial charge in [-0.2, -0.15) is 0 Å². The average Bonchev–Trinajstić information content (AvgIpc) is 3.23. The fraction of sp³-hybridized carbons (Fsp3) is 0.238. The van der Waals surface area contributed by atoms with E-state index in [4.69, 9.17) is 22.1 Å². The summed E-state index contributed by atoms with van der Waals surface area (Å²) < 4.78 is 47.7. The van der Waals surface area contributed by atoms with E-state index in [1.165, 1.54) is 22.2 Å². The standard InChI is InChI=1S/C21H21ClFN3O4S2/c22-15-10-19(32(28,29)26-21-12-31-13-25-21)16(23)11-18(15)30-17-8-5-4-7-14(17)6-2-1-3-9-20(24)27/h4-5,7-8,10-13,26H,1-3,6,9H2,(H2,24,27). The van der Waals surface area contributed by atoms with Gasteiger partial charge in [-0.25, -0.2) is 17.8 Å². The molecule has 0 aliphatic carbocycles. The number of para-hydroxylation sites is 1. The van der Waals surface area contributed by atoms with Gasteiger partial charge in [-0.05, 0) is 37.0 Å². The summed E-state index contributed by atoms with van der Waals surface area (Å²) in [5, 5.41) is 1.43. The van der Waals surface area contributed by atoms with E-state index in [1.807, 2.05) is 12.1 Å². The zero-order valence-electron chi connectivity index (χ0n) is 16.9. The van der Waals surface area contributed by atoms with Crippen molar-refractivity contribution in [3.05, 3.63) is 63.7 Å². The highest BCUT2D eigenvalue weighted by molar-refractivity contribution is 7.92. The molecule has 0 atom stereocenters. The Labute approximate surface area is 194 Å². The molecule has 3 aromatic rings. The van der Waals surface area contributed by atoms with Crippen molar-refractivity contribution in [1.29, 1.82) is 0 Å². The molecule has 0 fully saturated rings. The van der Waals surface area contributed by atoms with E-state index >= 15 is 0 Å². The van der Waals surface area contributed by atoms with Crippen molar-refractivity contribution >= 4 is 44.7 Å². The Hall–Kier alpha value is -2.69. The number of aryl methyl sites for hydroxylation is 1. The molecule has 0 spiro atoms. The third-order valence-corrected chi connectivity index (χ3v) is 6.76. The first-order valence-corrected chi connectivity index (χ1v) is 12.5. The Bertz CT molecular complexity index is 1190. The lowest BCUT2D eigenvalue weighted by Gasteiger charge is -2.14. The summed E-state index contributed by atoms with van der Waals surface area (Å²) in [6.07, 6.45) is 3.37. The number of rotatable bonds is 11. The number of anilines is 1. The second-order valence-electron chi connectivity index (χ2n) is 6.93. The predicted molar refractivity (Wildman–Crippen MR) is 122 cm³/mol. The van der Waals surface area contributed by atoms with Gasteiger partial charge in [0.1, 0.15) is 22.2 Å². The Morgan fingerprint density at radius 3 is 2.69 bits per heavy atom. The summed E-state index contributed by atoms with van der Waals surface area (Å²) in [5.74, 6) is -0.748. The van der Waals surface area contributed by atoms with Crippen LogP contribution in [0.4, 0.5) is 10.2 Å². The molecule has 0 unspecified atom stereocenters. The third kappa shape index (κ3) is 6.41. The van der Waals surface area contributed by atoms with Crippen molar-refractivity contribution in [3.8, 4) is 11.5 Å². The minimum atomic E-state index is -4.21. The van der Waals surface area contributed by atoms with Gasteiger partial charge in [0.25, 0.3) is 10.0 Å². The Morgan fingerprint density at radius 2 is 1.97 bits per heavy atom. The Morgan fingerprint density at radius 1 is 1.19 bits per heavy atom. The molecule has 0 saturated heterocycles. The zero-order chi connectivity index (χ0) is 23.1. The summed E-state index contributed by atoms with van der Waals surface area (Å²) in [7, 11) is -4.21. The monoisotopic (exact) mass is 497 g/mol. The molecule has 3 rings (SSSR count). The fourth-order valence-electron chi connectivity index (χ4n) is 2.97. The van der Waals surface area contributed by atoms with E-state index in [1.54, 1.807) is 12.1 Å². The van der Waals surface area contributed by atoms with Crippen LogP contribution in [0.2, 0.25) is 5.02 Å². The molecule has 32 heavy (non-hydrogen) atoms. The number of halogens is 2. The summed E-state index contributed by atoms with van der Waals surface area (Å²) in [5.41, 5.74) is 7.48. The number of carbonyl (C=O) groups excluding carboxylic acids is 1. The lowest BCUT2D eigenvalue weighted by Crippen LogP contribution is -2.15. The van der Waals surface area contributed by atoms with Crippen molar-refractivity contribution < 1.29 is 22.3 Å². The predicted octanol–water partition coefficient (Wildman–Crippen LogP) is 5.12. The van der Waals surface area contributed by atoms with Gasteiger partial charge in [-0.3, -0.25) is 9.52 Å². The van der Waals surface area contributed by atoms with Crippen LogP contribution in [0, 0.1) is 5.82 Å². The number of thiazole rings is 1. The van der Waals surface area contributed by atoms with E-state index in [9.17, 15) is 17.6 Å². The van der Waals surface area contributed by atoms with Crippen LogP contribution in [0.3, 0.4) is 0 Å². The van der Waals surface area contributed by atoms with Crippen molar-refractivity contribution in [2.24, 2.45) is 5.73 Å². The van der Waals surface area contributed by atoms with E-state index < -0.39 is 20.7 Å². The van der Waals surface area contributed by atoms with Gasteiger partial charge in [0.05, 0.1) is 10.5 Å². The molecule has 11 heteroatoms. The van der Waals surface area contributed by atoms with Gasteiger partial charge in [0.15, 0.2) is 5.82 Å². The van der Waals surface area contributed by atoms with Gasteiger partial charge in [0, 0.05) is 17.9 Å². The number of nitrogens with zero attached hydrogens (tertiary/aromatic N) is 1. The molecule has 0 bridgehead atoms. The van der Waals surface area contributed by atoms with Gasteiger partial charge in [-0.1, -0.05) is 36.2 Å². The van der Waals surface area contributed by atoms with Gasteiger partial charge < -0.3 is 10.5 Å². The van der Waals surface area contributed by atoms with E-state index in [0.717, 1.165) is 30.5 Å². The molecule has 7 nitrogen and oxygen atoms in total. The smallest absolute Gasteiger partial charge is 0.266 e. The van der Waals surface area contributed by atoms with Crippen molar-refractivity contribution in [2.45, 2.75) is 37.0 Å². The summed E-state index contributed by atoms with van der Waals surface area (Å²) >= 11 is 7.42. The fourth-order valence-corrected chi connectivity index (χ4v) is 4.88. The number of amides is 1. The lowest BCUT2D eigenvalue weighted by atomic mass is 10.1. The Balaban J connectivity index is 1.75. The van der Waals surface area contributed by atoms with Crippen molar-refractivity contribution in [2.75, 3.05) is 4.72 Å². The number of ether oxygens (including phenoxy) is 1. The first-order valence-electron chi connectivity index (χ1n) is 9.70. The van der Waals surface area contributed by atoms with Crippen LogP contribution >= 0.6 is 22.9 Å². The zero-order valence-corrected chi connectivity index (χ0v) is 19.3. The second kappa shape index (κ2) is 10.8. The number of hydrogen-bond acceptors (Lipinski definition) is 6. The summed E-state index contributed by atoms with van der Waals surface area (Å²) in [6.45, 7) is 0. The topological polar surface area (TPSA) is 111 Å². The molecule has 0 radical (unpaired) electrons. The lowest BCUT2D eigenvalue weighted by molar-refractivity contribution is -0.118. The number of sulfonamides is 1. The summed E-state index contributed by atoms with van der Waals surface area (Å²) in [6, 6.07) is 9.18. The number of benzene rings is 2. The molecule has 1 aromatic heterocycles. The number of nitrogens with two attached hydrogens (primary N) is 1. The molecule has 2 aromatic carbocycles. The maximum Gasteiger partial charge on any atom is 0.266 e. The van der Waals surface area contributed by atoms with Crippen LogP contribution < -0.4 is 15.2 Å². The first-order chi connectivity index (χ1) is 15.3. The first kappa shape index (κ1) is 24.0. The Kier molecular flexibility index (Phi) is 8.05. The quantitative estimate of drug-likeness (QED) is 0.357. The second-order valence-corrected chi connectivity index (χ2v) is 9.71. The van der Waals surface area contributed by atoms with E-state index in [0.29, 0.717) is 25.0 Å². The third-order valence-electron chi connectivity index (χ3n) is 4.51. The van der Waals surface area contributed by atoms with Gasteiger partial charge in [-0.15, -0.1) is 11.3 Å². The molecular formula is C21H21ClFN3O4S2. The van der Waals surface area contributed by atoms with E-state index in [-0.39, 0.29) is 22.5 Å². The highest BCUT2D eigenvalue weighted by Gasteiger charge is 2.23. The minimum Gasteiger partial charge on any atom is -0.455 e. The number of primary amides is 1. The molecule has 170 valence electrons. The average molecular weight is 498 g/mol. The maximum atomic E-state index is 14.7. The van der Waals surface area contributed by atoms with Crippen LogP contribution in [0.25, 0.3) is 0 Å². The van der Waals surface area contributed by atoms with Crippen LogP contribution in [-0.2, 0) is 21.2 Å². The maximum absolute atomic E-state index is 14.7. The van der Waals surface area contributed by atoms with E-state index in [2.05, 4.69) is 9.71 Å². The van der Waals surface area contributed by atoms with Crippen LogP contribution in [0.15, 0.2) is 52.2 Å². The highest BCUT2D eigenvalue weighted by Crippen LogP contribution is 2.35. The molecule has 3 N–H and O–H groups in total. The van der Waals surface area contributed by atoms with Crippen LogP contribution in [-0.4, -0.2) is 19.3 Å². The van der Waals surface area contributed by atoms with Crippen molar-refractivity contribution in [1.82, 2.24) is 4.98 Å². The number of hydrogen-bond donors (Lipinski definition) is 2. The molecule has 0 saturated carbocycles. The number of unbranched alkanes of at least 4 members (excludes halogenated alkanes) is 2.